The molecule has 2 aliphatic heterocycles. The number of benzene rings is 2. The summed E-state index contributed by atoms with van der Waals surface area (Å²) in [4.78, 5) is 41.5. The lowest BCUT2D eigenvalue weighted by atomic mass is 10.0. The first-order chi connectivity index (χ1) is 18.8. The van der Waals surface area contributed by atoms with Crippen molar-refractivity contribution in [2.24, 2.45) is 0 Å². The first-order valence-corrected chi connectivity index (χ1v) is 13.4. The van der Waals surface area contributed by atoms with Crippen LogP contribution in [0.3, 0.4) is 0 Å². The molecule has 0 spiro atoms. The van der Waals surface area contributed by atoms with Crippen molar-refractivity contribution in [2.75, 3.05) is 6.54 Å². The number of halogens is 2. The quantitative estimate of drug-likeness (QED) is 0.352. The van der Waals surface area contributed by atoms with Gasteiger partial charge in [0.25, 0.3) is 11.8 Å². The Morgan fingerprint density at radius 1 is 1.13 bits per heavy atom. The molecule has 0 unspecified atom stereocenters. The van der Waals surface area contributed by atoms with Crippen molar-refractivity contribution in [1.82, 2.24) is 20.0 Å². The van der Waals surface area contributed by atoms with Crippen molar-refractivity contribution < 1.29 is 18.8 Å². The molecule has 0 saturated carbocycles. The summed E-state index contributed by atoms with van der Waals surface area (Å²) >= 11 is 7.44. The normalized spacial score (nSPS) is 15.0. The molecule has 4 heterocycles. The maximum Gasteiger partial charge on any atom is 0.261 e. The summed E-state index contributed by atoms with van der Waals surface area (Å²) in [5, 5.41) is 16.2. The lowest BCUT2D eigenvalue weighted by molar-refractivity contribution is 0.0829. The Hall–Kier alpha value is -4.15. The number of carbonyl (C=O) groups is 3. The van der Waals surface area contributed by atoms with E-state index in [2.05, 4.69) is 10.4 Å². The number of nitrogens with zero attached hydrogens (tertiary/aromatic N) is 3. The van der Waals surface area contributed by atoms with Crippen molar-refractivity contribution >= 4 is 46.4 Å². The number of hydrogen-bond acceptors (Lipinski definition) is 6. The van der Waals surface area contributed by atoms with Gasteiger partial charge in [-0.3, -0.25) is 29.4 Å². The van der Waals surface area contributed by atoms with Crippen molar-refractivity contribution in [1.29, 1.82) is 5.41 Å². The number of amides is 2. The Morgan fingerprint density at radius 3 is 2.69 bits per heavy atom. The Balaban J connectivity index is 1.30. The number of fused-ring (bicyclic) bond motifs is 4. The van der Waals surface area contributed by atoms with Gasteiger partial charge in [-0.2, -0.15) is 5.10 Å². The van der Waals surface area contributed by atoms with Gasteiger partial charge in [0.15, 0.2) is 5.78 Å². The Morgan fingerprint density at radius 2 is 1.92 bits per heavy atom. The van der Waals surface area contributed by atoms with Crippen LogP contribution in [0.2, 0.25) is 5.02 Å². The van der Waals surface area contributed by atoms with E-state index in [0.29, 0.717) is 49.3 Å². The Labute approximate surface area is 231 Å². The van der Waals surface area contributed by atoms with Crippen molar-refractivity contribution in [2.45, 2.75) is 25.4 Å². The zero-order chi connectivity index (χ0) is 27.3. The standard InChI is InChI=1S/C28H21ClFN5O3S/c29-21-13-32-35-9-8-22(36)25-20(24(21)35)12-23(39-25)27(37)33-17(11-15-4-3-5-16(30)10-15)14-34-26(31)18-6-1-2-7-19(18)28(34)38/h1-7,10,12-13,17,31H,8-9,11,14H2,(H,33,37)/t17-/m0/s1. The number of nitrogens with one attached hydrogen (secondary N) is 2. The summed E-state index contributed by atoms with van der Waals surface area (Å²) < 4.78 is 15.6. The van der Waals surface area contributed by atoms with Gasteiger partial charge in [-0.15, -0.1) is 11.3 Å². The minimum Gasteiger partial charge on any atom is -0.346 e. The topological polar surface area (TPSA) is 108 Å². The predicted octanol–water partition coefficient (Wildman–Crippen LogP) is 4.81. The molecule has 6 rings (SSSR count). The molecule has 2 aromatic carbocycles. The molecule has 0 saturated heterocycles. The van der Waals surface area contributed by atoms with Gasteiger partial charge >= 0.3 is 0 Å². The lowest BCUT2D eigenvalue weighted by Gasteiger charge is -2.25. The molecule has 0 bridgehead atoms. The summed E-state index contributed by atoms with van der Waals surface area (Å²) in [7, 11) is 0. The van der Waals surface area contributed by atoms with Crippen LogP contribution in [0.5, 0.6) is 0 Å². The van der Waals surface area contributed by atoms with E-state index in [-0.39, 0.29) is 36.9 Å². The van der Waals surface area contributed by atoms with Crippen LogP contribution in [0.15, 0.2) is 60.8 Å². The van der Waals surface area contributed by atoms with Gasteiger partial charge in [-0.25, -0.2) is 4.39 Å². The summed E-state index contributed by atoms with van der Waals surface area (Å²) in [5.74, 6) is -1.24. The fourth-order valence-electron chi connectivity index (χ4n) is 5.04. The number of carbonyl (C=O) groups excluding carboxylic acids is 3. The Kier molecular flexibility index (Phi) is 6.36. The second-order valence-corrected chi connectivity index (χ2v) is 10.9. The van der Waals surface area contributed by atoms with E-state index < -0.39 is 17.8 Å². The van der Waals surface area contributed by atoms with Gasteiger partial charge in [0, 0.05) is 30.6 Å². The fraction of sp³-hybridized carbons (Fsp3) is 0.179. The summed E-state index contributed by atoms with van der Waals surface area (Å²) in [6, 6.07) is 13.9. The number of rotatable bonds is 6. The molecular formula is C28H21ClFN5O3S. The number of amidine groups is 1. The van der Waals surface area contributed by atoms with Crippen molar-refractivity contribution in [3.8, 4) is 11.3 Å². The molecular weight excluding hydrogens is 541 g/mol. The number of Topliss-reactive ketones (excluding diaryl/α,β-unsaturated/α-hetero) is 1. The van der Waals surface area contributed by atoms with E-state index in [4.69, 9.17) is 17.0 Å². The molecule has 8 nitrogen and oxygen atoms in total. The van der Waals surface area contributed by atoms with E-state index in [1.165, 1.54) is 23.2 Å². The second-order valence-electron chi connectivity index (χ2n) is 9.41. The predicted molar refractivity (Wildman–Crippen MR) is 145 cm³/mol. The fourth-order valence-corrected chi connectivity index (χ4v) is 6.31. The third-order valence-electron chi connectivity index (χ3n) is 6.85. The maximum absolute atomic E-state index is 13.9. The smallest absolute Gasteiger partial charge is 0.261 e. The van der Waals surface area contributed by atoms with E-state index >= 15 is 0 Å². The third kappa shape index (κ3) is 4.55. The van der Waals surface area contributed by atoms with Crippen LogP contribution in [0.4, 0.5) is 4.39 Å². The maximum atomic E-state index is 13.9. The van der Waals surface area contributed by atoms with E-state index in [9.17, 15) is 18.8 Å². The molecule has 2 aliphatic rings. The van der Waals surface area contributed by atoms with Gasteiger partial charge in [0.2, 0.25) is 0 Å². The molecule has 11 heteroatoms. The lowest BCUT2D eigenvalue weighted by Crippen LogP contribution is -2.46. The molecule has 2 N–H and O–H groups in total. The second kappa shape index (κ2) is 9.87. The molecule has 39 heavy (non-hydrogen) atoms. The molecule has 2 amide bonds. The number of ketones is 1. The highest BCUT2D eigenvalue weighted by molar-refractivity contribution is 7.16. The molecule has 0 radical (unpaired) electrons. The zero-order valence-electron chi connectivity index (χ0n) is 20.4. The van der Waals surface area contributed by atoms with Crippen LogP contribution in [0.25, 0.3) is 11.3 Å². The molecule has 1 atom stereocenters. The van der Waals surface area contributed by atoms with Crippen LogP contribution in [-0.4, -0.2) is 50.7 Å². The zero-order valence-corrected chi connectivity index (χ0v) is 22.0. The van der Waals surface area contributed by atoms with Gasteiger partial charge in [-0.05, 0) is 36.2 Å². The summed E-state index contributed by atoms with van der Waals surface area (Å²) in [6.45, 7) is 0.412. The minimum absolute atomic E-state index is 0.0111. The molecule has 2 aromatic heterocycles. The van der Waals surface area contributed by atoms with Gasteiger partial charge < -0.3 is 5.32 Å². The van der Waals surface area contributed by atoms with Crippen LogP contribution in [0.1, 0.15) is 47.2 Å². The summed E-state index contributed by atoms with van der Waals surface area (Å²) in [6.07, 6.45) is 1.98. The number of aryl methyl sites for hydroxylation is 1. The van der Waals surface area contributed by atoms with Crippen LogP contribution in [-0.2, 0) is 13.0 Å². The van der Waals surface area contributed by atoms with Crippen molar-refractivity contribution in [3.05, 3.63) is 98.1 Å². The van der Waals surface area contributed by atoms with E-state index in [1.54, 1.807) is 47.1 Å². The van der Waals surface area contributed by atoms with Crippen molar-refractivity contribution in [3.63, 3.8) is 0 Å². The van der Waals surface area contributed by atoms with E-state index in [1.807, 2.05) is 0 Å². The molecule has 0 aliphatic carbocycles. The van der Waals surface area contributed by atoms with Crippen LogP contribution in [0, 0.1) is 11.2 Å². The molecule has 0 fully saturated rings. The van der Waals surface area contributed by atoms with E-state index in [0.717, 1.165) is 11.3 Å². The highest BCUT2D eigenvalue weighted by atomic mass is 35.5. The van der Waals surface area contributed by atoms with Gasteiger partial charge in [-0.1, -0.05) is 41.9 Å². The average molecular weight is 562 g/mol. The average Bonchev–Trinajstić information content (AvgIpc) is 3.56. The SMILES string of the molecule is N=C1c2ccccc2C(=O)N1C[C@H](Cc1cccc(F)c1)NC(=O)c1cc2c(s1)C(=O)CCn1ncc(Cl)c1-2. The minimum atomic E-state index is -0.648. The number of aromatic nitrogens is 2. The molecule has 196 valence electrons. The highest BCUT2D eigenvalue weighted by Crippen LogP contribution is 2.38. The van der Waals surface area contributed by atoms with Gasteiger partial charge in [0.05, 0.1) is 38.3 Å². The van der Waals surface area contributed by atoms with Crippen LogP contribution >= 0.6 is 22.9 Å². The number of hydrogen-bond donors (Lipinski definition) is 2. The van der Waals surface area contributed by atoms with Gasteiger partial charge in [0.1, 0.15) is 11.7 Å². The molecule has 4 aromatic rings. The Bertz CT molecular complexity index is 1640. The first-order valence-electron chi connectivity index (χ1n) is 12.2. The highest BCUT2D eigenvalue weighted by Gasteiger charge is 2.35. The summed E-state index contributed by atoms with van der Waals surface area (Å²) in [5.41, 5.74) is 2.73. The monoisotopic (exact) mass is 561 g/mol. The largest absolute Gasteiger partial charge is 0.346 e. The third-order valence-corrected chi connectivity index (χ3v) is 8.30. The number of thiophene rings is 1. The van der Waals surface area contributed by atoms with Crippen LogP contribution < -0.4 is 5.32 Å². The first kappa shape index (κ1) is 25.1.